The number of hydrogen-bond donors (Lipinski definition) is 0. The molecule has 1 saturated carbocycles. The van der Waals surface area contributed by atoms with Crippen LogP contribution < -0.4 is 0 Å². The first kappa shape index (κ1) is 13.7. The number of rotatable bonds is 3. The Morgan fingerprint density at radius 1 is 1.38 bits per heavy atom. The lowest BCUT2D eigenvalue weighted by atomic mass is 9.70. The molecule has 0 N–H and O–H groups in total. The maximum absolute atomic E-state index is 11.9. The van der Waals surface area contributed by atoms with Gasteiger partial charge in [0.25, 0.3) is 0 Å². The van der Waals surface area contributed by atoms with E-state index in [-0.39, 0.29) is 17.4 Å². The van der Waals surface area contributed by atoms with Gasteiger partial charge in [-0.1, -0.05) is 20.8 Å². The predicted octanol–water partition coefficient (Wildman–Crippen LogP) is 2.78. The SMILES string of the molecule is COC(C)(C)O[C@@H]1C[C@@H](C)C(=O)C(C)(C)C1. The largest absolute Gasteiger partial charge is 0.354 e. The molecule has 0 unspecified atom stereocenters. The van der Waals surface area contributed by atoms with Gasteiger partial charge < -0.3 is 9.47 Å². The Balaban J connectivity index is 2.69. The van der Waals surface area contributed by atoms with Gasteiger partial charge in [0.2, 0.25) is 0 Å². The third-order valence-electron chi connectivity index (χ3n) is 3.41. The molecule has 1 aliphatic rings. The minimum atomic E-state index is -0.569. The number of ether oxygens (including phenoxy) is 2. The van der Waals surface area contributed by atoms with Gasteiger partial charge in [-0.15, -0.1) is 0 Å². The molecule has 3 heteroatoms. The lowest BCUT2D eigenvalue weighted by Crippen LogP contribution is -2.44. The minimum absolute atomic E-state index is 0.0846. The number of hydrogen-bond acceptors (Lipinski definition) is 3. The van der Waals surface area contributed by atoms with Crippen molar-refractivity contribution in [2.45, 2.75) is 59.4 Å². The second-order valence-electron chi connectivity index (χ2n) is 5.93. The van der Waals surface area contributed by atoms with Crippen LogP contribution in [0.5, 0.6) is 0 Å². The molecule has 0 radical (unpaired) electrons. The van der Waals surface area contributed by atoms with Crippen LogP contribution in [0.3, 0.4) is 0 Å². The fourth-order valence-electron chi connectivity index (χ4n) is 2.46. The molecular formula is C13H24O3. The third-order valence-corrected chi connectivity index (χ3v) is 3.41. The molecule has 0 aromatic rings. The number of ketones is 1. The van der Waals surface area contributed by atoms with Crippen molar-refractivity contribution < 1.29 is 14.3 Å². The highest BCUT2D eigenvalue weighted by atomic mass is 16.7. The second kappa shape index (κ2) is 4.46. The third kappa shape index (κ3) is 3.05. The number of methoxy groups -OCH3 is 1. The number of carbonyl (C=O) groups is 1. The summed E-state index contributed by atoms with van der Waals surface area (Å²) in [6, 6.07) is 0. The maximum atomic E-state index is 11.9. The predicted molar refractivity (Wildman–Crippen MR) is 63.1 cm³/mol. The van der Waals surface area contributed by atoms with E-state index >= 15 is 0 Å². The van der Waals surface area contributed by atoms with Crippen molar-refractivity contribution in [1.29, 1.82) is 0 Å². The number of carbonyl (C=O) groups excluding carboxylic acids is 1. The van der Waals surface area contributed by atoms with Crippen LogP contribution in [0.4, 0.5) is 0 Å². The van der Waals surface area contributed by atoms with E-state index in [4.69, 9.17) is 9.47 Å². The molecule has 3 nitrogen and oxygen atoms in total. The number of Topliss-reactive ketones (excluding diaryl/α,β-unsaturated/α-hetero) is 1. The van der Waals surface area contributed by atoms with Crippen LogP contribution >= 0.6 is 0 Å². The summed E-state index contributed by atoms with van der Waals surface area (Å²) in [5, 5.41) is 0. The molecule has 0 aliphatic heterocycles. The van der Waals surface area contributed by atoms with Gasteiger partial charge in [-0.2, -0.15) is 0 Å². The van der Waals surface area contributed by atoms with Crippen LogP contribution in [-0.4, -0.2) is 24.8 Å². The van der Waals surface area contributed by atoms with E-state index < -0.39 is 5.79 Å². The fourth-order valence-corrected chi connectivity index (χ4v) is 2.46. The summed E-state index contributed by atoms with van der Waals surface area (Å²) >= 11 is 0. The molecule has 94 valence electrons. The van der Waals surface area contributed by atoms with Crippen molar-refractivity contribution in [3.8, 4) is 0 Å². The Labute approximate surface area is 98.5 Å². The molecule has 0 amide bonds. The molecule has 1 aliphatic carbocycles. The van der Waals surface area contributed by atoms with Crippen LogP contribution in [0.1, 0.15) is 47.5 Å². The second-order valence-corrected chi connectivity index (χ2v) is 5.93. The van der Waals surface area contributed by atoms with Gasteiger partial charge in [-0.25, -0.2) is 0 Å². The molecule has 1 rings (SSSR count). The smallest absolute Gasteiger partial charge is 0.162 e. The van der Waals surface area contributed by atoms with Gasteiger partial charge in [-0.05, 0) is 26.7 Å². The van der Waals surface area contributed by atoms with Gasteiger partial charge in [0.15, 0.2) is 5.79 Å². The summed E-state index contributed by atoms with van der Waals surface area (Å²) in [4.78, 5) is 11.9. The van der Waals surface area contributed by atoms with Gasteiger partial charge in [0.1, 0.15) is 5.78 Å². The molecule has 0 aromatic carbocycles. The lowest BCUT2D eigenvalue weighted by molar-refractivity contribution is -0.234. The van der Waals surface area contributed by atoms with E-state index in [9.17, 15) is 4.79 Å². The standard InChI is InChI=1S/C13H24O3/c1-9-7-10(16-13(4,5)15-6)8-12(2,3)11(9)14/h9-10H,7-8H2,1-6H3/t9-,10-/m1/s1. The Bertz CT molecular complexity index is 268. The quantitative estimate of drug-likeness (QED) is 0.697. The van der Waals surface area contributed by atoms with E-state index in [1.807, 2.05) is 34.6 Å². The van der Waals surface area contributed by atoms with Gasteiger partial charge in [0, 0.05) is 18.4 Å². The first-order chi connectivity index (χ1) is 7.18. The van der Waals surface area contributed by atoms with Crippen molar-refractivity contribution in [3.63, 3.8) is 0 Å². The molecule has 0 spiro atoms. The Morgan fingerprint density at radius 3 is 2.38 bits per heavy atom. The van der Waals surface area contributed by atoms with Crippen LogP contribution in [0.15, 0.2) is 0 Å². The van der Waals surface area contributed by atoms with Gasteiger partial charge in [-0.3, -0.25) is 4.79 Å². The molecule has 0 bridgehead atoms. The van der Waals surface area contributed by atoms with Gasteiger partial charge >= 0.3 is 0 Å². The first-order valence-electron chi connectivity index (χ1n) is 5.95. The summed E-state index contributed by atoms with van der Waals surface area (Å²) in [6.45, 7) is 9.80. The average molecular weight is 228 g/mol. The van der Waals surface area contributed by atoms with E-state index in [2.05, 4.69) is 0 Å². The molecule has 0 aromatic heterocycles. The van der Waals surface area contributed by atoms with Crippen molar-refractivity contribution >= 4 is 5.78 Å². The summed E-state index contributed by atoms with van der Waals surface area (Å²) < 4.78 is 11.2. The maximum Gasteiger partial charge on any atom is 0.162 e. The topological polar surface area (TPSA) is 35.5 Å². The monoisotopic (exact) mass is 228 g/mol. The first-order valence-corrected chi connectivity index (χ1v) is 5.95. The van der Waals surface area contributed by atoms with Crippen molar-refractivity contribution in [2.75, 3.05) is 7.11 Å². The van der Waals surface area contributed by atoms with E-state index in [1.54, 1.807) is 7.11 Å². The van der Waals surface area contributed by atoms with E-state index in [0.717, 1.165) is 12.8 Å². The molecular weight excluding hydrogens is 204 g/mol. The van der Waals surface area contributed by atoms with Crippen LogP contribution in [0.25, 0.3) is 0 Å². The fraction of sp³-hybridized carbons (Fsp3) is 0.923. The summed E-state index contributed by atoms with van der Waals surface area (Å²) in [5.74, 6) is -0.134. The van der Waals surface area contributed by atoms with E-state index in [1.165, 1.54) is 0 Å². The van der Waals surface area contributed by atoms with E-state index in [0.29, 0.717) is 5.78 Å². The highest BCUT2D eigenvalue weighted by Gasteiger charge is 2.41. The molecule has 16 heavy (non-hydrogen) atoms. The molecule has 0 saturated heterocycles. The highest BCUT2D eigenvalue weighted by molar-refractivity contribution is 5.86. The average Bonchev–Trinajstić information content (AvgIpc) is 2.13. The Hall–Kier alpha value is -0.410. The minimum Gasteiger partial charge on any atom is -0.354 e. The summed E-state index contributed by atoms with van der Waals surface area (Å²) in [5.41, 5.74) is -0.272. The van der Waals surface area contributed by atoms with Crippen LogP contribution in [-0.2, 0) is 14.3 Å². The van der Waals surface area contributed by atoms with Gasteiger partial charge in [0.05, 0.1) is 6.10 Å². The van der Waals surface area contributed by atoms with Crippen molar-refractivity contribution in [3.05, 3.63) is 0 Å². The molecule has 2 atom stereocenters. The van der Waals surface area contributed by atoms with Crippen molar-refractivity contribution in [1.82, 2.24) is 0 Å². The molecule has 0 heterocycles. The van der Waals surface area contributed by atoms with Crippen molar-refractivity contribution in [2.24, 2.45) is 11.3 Å². The van der Waals surface area contributed by atoms with Crippen LogP contribution in [0.2, 0.25) is 0 Å². The normalized spacial score (nSPS) is 30.5. The Morgan fingerprint density at radius 2 is 1.94 bits per heavy atom. The van der Waals surface area contributed by atoms with Crippen LogP contribution in [0, 0.1) is 11.3 Å². The summed E-state index contributed by atoms with van der Waals surface area (Å²) in [6.07, 6.45) is 1.69. The lowest BCUT2D eigenvalue weighted by Gasteiger charge is -2.40. The molecule has 1 fully saturated rings. The Kier molecular flexibility index (Phi) is 3.80. The zero-order valence-corrected chi connectivity index (χ0v) is 11.3. The zero-order valence-electron chi connectivity index (χ0n) is 11.3. The zero-order chi connectivity index (χ0) is 12.6. The highest BCUT2D eigenvalue weighted by Crippen LogP contribution is 2.38. The summed E-state index contributed by atoms with van der Waals surface area (Å²) in [7, 11) is 1.64.